The lowest BCUT2D eigenvalue weighted by Crippen LogP contribution is -2.50. The van der Waals surface area contributed by atoms with Crippen LogP contribution in [0, 0.1) is 5.92 Å². The van der Waals surface area contributed by atoms with Crippen molar-refractivity contribution in [3.05, 3.63) is 0 Å². The number of nitrogens with zero attached hydrogens (tertiary/aromatic N) is 2. The maximum atomic E-state index is 12.3. The molecule has 0 bridgehead atoms. The predicted molar refractivity (Wildman–Crippen MR) is 71.2 cm³/mol. The van der Waals surface area contributed by atoms with E-state index in [1.54, 1.807) is 8.61 Å². The highest BCUT2D eigenvalue weighted by atomic mass is 32.2. The van der Waals surface area contributed by atoms with Crippen LogP contribution in [-0.2, 0) is 10.2 Å². The van der Waals surface area contributed by atoms with Gasteiger partial charge in [0.15, 0.2) is 0 Å². The number of piperidine rings is 1. The van der Waals surface area contributed by atoms with Crippen LogP contribution in [0.25, 0.3) is 0 Å². The van der Waals surface area contributed by atoms with Crippen molar-refractivity contribution in [1.82, 2.24) is 8.61 Å². The highest BCUT2D eigenvalue weighted by Crippen LogP contribution is 2.22. The minimum Gasteiger partial charge on any atom is -0.330 e. The lowest BCUT2D eigenvalue weighted by molar-refractivity contribution is 0.260. The molecular formula is C10H21N3O2S2. The highest BCUT2D eigenvalue weighted by Gasteiger charge is 2.33. The van der Waals surface area contributed by atoms with Gasteiger partial charge in [-0.25, -0.2) is 0 Å². The smallest absolute Gasteiger partial charge is 0.282 e. The Bertz CT molecular complexity index is 333. The molecule has 7 heteroatoms. The van der Waals surface area contributed by atoms with Gasteiger partial charge in [0.2, 0.25) is 0 Å². The van der Waals surface area contributed by atoms with E-state index >= 15 is 0 Å². The highest BCUT2D eigenvalue weighted by molar-refractivity contribution is 7.99. The molecule has 2 aliphatic heterocycles. The molecule has 0 amide bonds. The van der Waals surface area contributed by atoms with Gasteiger partial charge in [0.25, 0.3) is 10.2 Å². The van der Waals surface area contributed by atoms with Gasteiger partial charge in [0.05, 0.1) is 0 Å². The fraction of sp³-hybridized carbons (Fsp3) is 1.00. The molecule has 0 radical (unpaired) electrons. The Morgan fingerprint density at radius 1 is 1.06 bits per heavy atom. The van der Waals surface area contributed by atoms with Gasteiger partial charge in [0.1, 0.15) is 0 Å². The Kier molecular flexibility index (Phi) is 4.71. The summed E-state index contributed by atoms with van der Waals surface area (Å²) >= 11 is 1.82. The average Bonchev–Trinajstić information content (AvgIpc) is 2.40. The topological polar surface area (TPSA) is 66.6 Å². The Labute approximate surface area is 108 Å². The van der Waals surface area contributed by atoms with Crippen LogP contribution in [0.1, 0.15) is 12.8 Å². The largest absolute Gasteiger partial charge is 0.330 e. The summed E-state index contributed by atoms with van der Waals surface area (Å²) in [5, 5.41) is 0. The van der Waals surface area contributed by atoms with Crippen LogP contribution in [0.3, 0.4) is 0 Å². The first-order valence-electron chi connectivity index (χ1n) is 6.17. The predicted octanol–water partition coefficient (Wildman–Crippen LogP) is -0.0493. The molecule has 0 aliphatic carbocycles. The Morgan fingerprint density at radius 3 is 2.12 bits per heavy atom. The van der Waals surface area contributed by atoms with Gasteiger partial charge >= 0.3 is 0 Å². The van der Waals surface area contributed by atoms with E-state index in [-0.39, 0.29) is 0 Å². The molecule has 0 saturated carbocycles. The lowest BCUT2D eigenvalue weighted by Gasteiger charge is -2.35. The fourth-order valence-electron chi connectivity index (χ4n) is 2.32. The summed E-state index contributed by atoms with van der Waals surface area (Å²) in [6, 6.07) is 0. The second-order valence-electron chi connectivity index (χ2n) is 4.60. The Balaban J connectivity index is 1.96. The van der Waals surface area contributed by atoms with Gasteiger partial charge < -0.3 is 5.73 Å². The summed E-state index contributed by atoms with van der Waals surface area (Å²) in [5.41, 5.74) is 5.62. The molecule has 0 aromatic heterocycles. The summed E-state index contributed by atoms with van der Waals surface area (Å²) in [7, 11) is -3.20. The summed E-state index contributed by atoms with van der Waals surface area (Å²) in [4.78, 5) is 0. The zero-order chi connectivity index (χ0) is 12.3. The van der Waals surface area contributed by atoms with Crippen molar-refractivity contribution >= 4 is 22.0 Å². The van der Waals surface area contributed by atoms with E-state index in [2.05, 4.69) is 0 Å². The van der Waals surface area contributed by atoms with E-state index in [9.17, 15) is 8.42 Å². The quantitative estimate of drug-likeness (QED) is 0.786. The average molecular weight is 279 g/mol. The van der Waals surface area contributed by atoms with Crippen molar-refractivity contribution in [3.8, 4) is 0 Å². The standard InChI is InChI=1S/C10H21N3O2S2/c11-9-10-1-3-12(4-2-10)17(14,15)13-5-7-16-8-6-13/h10H,1-9,11H2. The van der Waals surface area contributed by atoms with Crippen molar-refractivity contribution in [2.24, 2.45) is 11.7 Å². The molecule has 2 saturated heterocycles. The zero-order valence-corrected chi connectivity index (χ0v) is 11.7. The normalized spacial score (nSPS) is 26.2. The van der Waals surface area contributed by atoms with E-state index in [4.69, 9.17) is 5.73 Å². The summed E-state index contributed by atoms with van der Waals surface area (Å²) in [6.07, 6.45) is 1.80. The van der Waals surface area contributed by atoms with Gasteiger partial charge in [-0.1, -0.05) is 0 Å². The van der Waals surface area contributed by atoms with Gasteiger partial charge in [0, 0.05) is 37.7 Å². The molecule has 5 nitrogen and oxygen atoms in total. The first kappa shape index (κ1) is 13.6. The third kappa shape index (κ3) is 3.14. The van der Waals surface area contributed by atoms with E-state index in [0.717, 1.165) is 24.3 Å². The van der Waals surface area contributed by atoms with E-state index in [1.807, 2.05) is 11.8 Å². The van der Waals surface area contributed by atoms with Crippen LogP contribution in [0.5, 0.6) is 0 Å². The molecule has 2 N–H and O–H groups in total. The second kappa shape index (κ2) is 5.88. The number of rotatable bonds is 3. The fourth-order valence-corrected chi connectivity index (χ4v) is 5.09. The molecule has 17 heavy (non-hydrogen) atoms. The van der Waals surface area contributed by atoms with Crippen molar-refractivity contribution in [2.75, 3.05) is 44.2 Å². The van der Waals surface area contributed by atoms with Crippen molar-refractivity contribution in [3.63, 3.8) is 0 Å². The van der Waals surface area contributed by atoms with Gasteiger partial charge in [-0.15, -0.1) is 0 Å². The molecule has 2 heterocycles. The summed E-state index contributed by atoms with van der Waals surface area (Å²) in [6.45, 7) is 3.25. The minimum absolute atomic E-state index is 0.498. The SMILES string of the molecule is NCC1CCN(S(=O)(=O)N2CCSCC2)CC1. The van der Waals surface area contributed by atoms with Crippen LogP contribution in [0.4, 0.5) is 0 Å². The second-order valence-corrected chi connectivity index (χ2v) is 7.75. The number of hydrogen-bond donors (Lipinski definition) is 1. The minimum atomic E-state index is -3.20. The Morgan fingerprint density at radius 2 is 1.59 bits per heavy atom. The monoisotopic (exact) mass is 279 g/mol. The molecule has 0 spiro atoms. The van der Waals surface area contributed by atoms with Crippen LogP contribution in [-0.4, -0.2) is 61.3 Å². The molecule has 2 rings (SSSR count). The third-order valence-electron chi connectivity index (χ3n) is 3.53. The number of nitrogens with two attached hydrogens (primary N) is 1. The molecule has 2 aliphatic rings. The Hall–Kier alpha value is 0.180. The molecule has 2 fully saturated rings. The van der Waals surface area contributed by atoms with Crippen LogP contribution >= 0.6 is 11.8 Å². The first-order chi connectivity index (χ1) is 8.14. The van der Waals surface area contributed by atoms with E-state index in [1.165, 1.54) is 0 Å². The maximum absolute atomic E-state index is 12.3. The van der Waals surface area contributed by atoms with Crippen molar-refractivity contribution < 1.29 is 8.42 Å². The van der Waals surface area contributed by atoms with Crippen molar-refractivity contribution in [2.45, 2.75) is 12.8 Å². The molecular weight excluding hydrogens is 258 g/mol. The van der Waals surface area contributed by atoms with Crippen LogP contribution in [0.15, 0.2) is 0 Å². The number of thioether (sulfide) groups is 1. The molecule has 100 valence electrons. The summed E-state index contributed by atoms with van der Waals surface area (Å²) < 4.78 is 28.0. The third-order valence-corrected chi connectivity index (χ3v) is 6.51. The number of hydrogen-bond acceptors (Lipinski definition) is 4. The van der Waals surface area contributed by atoms with Gasteiger partial charge in [-0.3, -0.25) is 0 Å². The lowest BCUT2D eigenvalue weighted by atomic mass is 9.99. The van der Waals surface area contributed by atoms with Gasteiger partial charge in [-0.05, 0) is 25.3 Å². The molecule has 0 aromatic carbocycles. The van der Waals surface area contributed by atoms with Crippen molar-refractivity contribution in [1.29, 1.82) is 0 Å². The maximum Gasteiger partial charge on any atom is 0.282 e. The molecule has 0 unspecified atom stereocenters. The van der Waals surface area contributed by atoms with Gasteiger partial charge in [-0.2, -0.15) is 28.8 Å². The zero-order valence-electron chi connectivity index (χ0n) is 10.0. The summed E-state index contributed by atoms with van der Waals surface area (Å²) in [5.74, 6) is 2.33. The van der Waals surface area contributed by atoms with E-state index in [0.29, 0.717) is 38.6 Å². The first-order valence-corrected chi connectivity index (χ1v) is 8.73. The van der Waals surface area contributed by atoms with E-state index < -0.39 is 10.2 Å². The molecule has 0 atom stereocenters. The molecule has 0 aromatic rings. The van der Waals surface area contributed by atoms with Crippen LogP contribution in [0.2, 0.25) is 0 Å². The van der Waals surface area contributed by atoms with Crippen LogP contribution < -0.4 is 5.73 Å².